The van der Waals surface area contributed by atoms with Crippen LogP contribution < -0.4 is 11.1 Å². The van der Waals surface area contributed by atoms with E-state index in [1.54, 1.807) is 4.90 Å². The summed E-state index contributed by atoms with van der Waals surface area (Å²) in [5.41, 5.74) is 5.19. The van der Waals surface area contributed by atoms with Gasteiger partial charge in [-0.1, -0.05) is 0 Å². The van der Waals surface area contributed by atoms with Gasteiger partial charge in [0, 0.05) is 19.6 Å². The Kier molecular flexibility index (Phi) is 4.51. The third kappa shape index (κ3) is 3.17. The summed E-state index contributed by atoms with van der Waals surface area (Å²) in [4.78, 5) is 24.3. The molecule has 15 heavy (non-hydrogen) atoms. The lowest BCUT2D eigenvalue weighted by Crippen LogP contribution is -2.51. The molecule has 1 fully saturated rings. The van der Waals surface area contributed by atoms with Crippen LogP contribution in [0.2, 0.25) is 0 Å². The first-order valence-electron chi connectivity index (χ1n) is 4.98. The van der Waals surface area contributed by atoms with Gasteiger partial charge in [0.1, 0.15) is 0 Å². The molecule has 0 aliphatic carbocycles. The molecule has 1 heterocycles. The monoisotopic (exact) mass is 215 g/mol. The second kappa shape index (κ2) is 5.67. The number of nitrogens with zero attached hydrogens (tertiary/aromatic N) is 1. The fraction of sp³-hybridized carbons (Fsp3) is 0.778. The predicted molar refractivity (Wildman–Crippen MR) is 54.1 cm³/mol. The molecule has 1 aliphatic heterocycles. The molecule has 0 aromatic heterocycles. The minimum Gasteiger partial charge on any atom is -0.467 e. The number of carbonyl (C=O) groups excluding carboxylic acids is 2. The van der Waals surface area contributed by atoms with Crippen molar-refractivity contribution in [3.8, 4) is 0 Å². The SMILES string of the molecule is COC(=O)C(C(N)=O)N1CCCNCC1. The number of methoxy groups -OCH3 is 1. The van der Waals surface area contributed by atoms with Crippen molar-refractivity contribution in [3.05, 3.63) is 0 Å². The molecule has 1 rings (SSSR count). The first kappa shape index (κ1) is 11.9. The number of carbonyl (C=O) groups is 2. The summed E-state index contributed by atoms with van der Waals surface area (Å²) in [5, 5.41) is 3.18. The molecule has 6 heteroatoms. The van der Waals surface area contributed by atoms with Gasteiger partial charge in [0.05, 0.1) is 7.11 Å². The number of nitrogens with two attached hydrogens (primary N) is 1. The summed E-state index contributed by atoms with van der Waals surface area (Å²) >= 11 is 0. The fourth-order valence-corrected chi connectivity index (χ4v) is 1.68. The quantitative estimate of drug-likeness (QED) is 0.433. The molecule has 0 aromatic rings. The van der Waals surface area contributed by atoms with Gasteiger partial charge in [-0.25, -0.2) is 4.79 Å². The van der Waals surface area contributed by atoms with E-state index in [2.05, 4.69) is 10.1 Å². The molecule has 1 unspecified atom stereocenters. The average Bonchev–Trinajstić information content (AvgIpc) is 2.46. The van der Waals surface area contributed by atoms with Gasteiger partial charge in [0.2, 0.25) is 5.91 Å². The van der Waals surface area contributed by atoms with Gasteiger partial charge < -0.3 is 15.8 Å². The van der Waals surface area contributed by atoms with Crippen molar-refractivity contribution in [2.24, 2.45) is 5.73 Å². The summed E-state index contributed by atoms with van der Waals surface area (Å²) < 4.78 is 4.57. The Morgan fingerprint density at radius 1 is 1.40 bits per heavy atom. The summed E-state index contributed by atoms with van der Waals surface area (Å²) in [6.45, 7) is 2.95. The van der Waals surface area contributed by atoms with Crippen LogP contribution in [0.15, 0.2) is 0 Å². The number of amides is 1. The Morgan fingerprint density at radius 2 is 2.13 bits per heavy atom. The van der Waals surface area contributed by atoms with Gasteiger partial charge in [-0.15, -0.1) is 0 Å². The summed E-state index contributed by atoms with van der Waals surface area (Å²) in [6, 6.07) is -0.949. The van der Waals surface area contributed by atoms with Crippen LogP contribution in [0.3, 0.4) is 0 Å². The Hall–Kier alpha value is -1.14. The van der Waals surface area contributed by atoms with Crippen LogP contribution in [0.5, 0.6) is 0 Å². The number of hydrogen-bond donors (Lipinski definition) is 2. The molecule has 1 saturated heterocycles. The summed E-state index contributed by atoms with van der Waals surface area (Å²) in [5.74, 6) is -1.23. The first-order chi connectivity index (χ1) is 7.16. The van der Waals surface area contributed by atoms with E-state index in [4.69, 9.17) is 5.73 Å². The Balaban J connectivity index is 2.68. The molecule has 86 valence electrons. The Morgan fingerprint density at radius 3 is 2.73 bits per heavy atom. The predicted octanol–water partition coefficient (Wildman–Crippen LogP) is -1.69. The van der Waals surface area contributed by atoms with E-state index in [-0.39, 0.29) is 0 Å². The van der Waals surface area contributed by atoms with Gasteiger partial charge in [0.25, 0.3) is 0 Å². The first-order valence-corrected chi connectivity index (χ1v) is 4.98. The Labute approximate surface area is 88.7 Å². The van der Waals surface area contributed by atoms with Crippen molar-refractivity contribution < 1.29 is 14.3 Å². The molecule has 1 amide bonds. The summed E-state index contributed by atoms with van der Waals surface area (Å²) in [6.07, 6.45) is 0.890. The van der Waals surface area contributed by atoms with E-state index < -0.39 is 17.9 Å². The average molecular weight is 215 g/mol. The van der Waals surface area contributed by atoms with Gasteiger partial charge >= 0.3 is 5.97 Å². The van der Waals surface area contributed by atoms with E-state index in [0.29, 0.717) is 13.1 Å². The second-order valence-corrected chi connectivity index (χ2v) is 3.47. The van der Waals surface area contributed by atoms with Crippen LogP contribution in [-0.2, 0) is 14.3 Å². The molecule has 0 aromatic carbocycles. The van der Waals surface area contributed by atoms with E-state index in [0.717, 1.165) is 19.5 Å². The van der Waals surface area contributed by atoms with Crippen molar-refractivity contribution >= 4 is 11.9 Å². The van der Waals surface area contributed by atoms with Crippen LogP contribution in [0.1, 0.15) is 6.42 Å². The highest BCUT2D eigenvalue weighted by Crippen LogP contribution is 2.04. The molecule has 1 atom stereocenters. The van der Waals surface area contributed by atoms with Gasteiger partial charge in [-0.05, 0) is 13.0 Å². The number of rotatable bonds is 3. The normalized spacial score (nSPS) is 20.3. The number of nitrogens with one attached hydrogen (secondary N) is 1. The highest BCUT2D eigenvalue weighted by molar-refractivity contribution is 6.01. The maximum absolute atomic E-state index is 11.4. The highest BCUT2D eigenvalue weighted by Gasteiger charge is 2.32. The lowest BCUT2D eigenvalue weighted by molar-refractivity contribution is -0.150. The van der Waals surface area contributed by atoms with E-state index in [1.165, 1.54) is 7.11 Å². The minimum absolute atomic E-state index is 0.579. The number of ether oxygens (including phenoxy) is 1. The number of hydrogen-bond acceptors (Lipinski definition) is 5. The van der Waals surface area contributed by atoms with Crippen molar-refractivity contribution in [1.82, 2.24) is 10.2 Å². The van der Waals surface area contributed by atoms with E-state index in [9.17, 15) is 9.59 Å². The van der Waals surface area contributed by atoms with Crippen molar-refractivity contribution in [1.29, 1.82) is 0 Å². The van der Waals surface area contributed by atoms with Crippen LogP contribution in [0, 0.1) is 0 Å². The van der Waals surface area contributed by atoms with E-state index in [1.807, 2.05) is 0 Å². The third-order valence-corrected chi connectivity index (χ3v) is 2.43. The molecule has 3 N–H and O–H groups in total. The molecular formula is C9H17N3O3. The zero-order valence-electron chi connectivity index (χ0n) is 8.86. The Bertz CT molecular complexity index is 237. The molecule has 0 bridgehead atoms. The molecule has 6 nitrogen and oxygen atoms in total. The number of primary amides is 1. The van der Waals surface area contributed by atoms with Crippen LogP contribution in [0.25, 0.3) is 0 Å². The standard InChI is InChI=1S/C9H17N3O3/c1-15-9(14)7(8(10)13)12-5-2-3-11-4-6-12/h7,11H,2-6H2,1H3,(H2,10,13). The van der Waals surface area contributed by atoms with E-state index >= 15 is 0 Å². The molecule has 0 saturated carbocycles. The van der Waals surface area contributed by atoms with Gasteiger partial charge in [-0.3, -0.25) is 9.69 Å². The van der Waals surface area contributed by atoms with Gasteiger partial charge in [0.15, 0.2) is 6.04 Å². The minimum atomic E-state index is -0.949. The van der Waals surface area contributed by atoms with Crippen LogP contribution >= 0.6 is 0 Å². The maximum Gasteiger partial charge on any atom is 0.332 e. The third-order valence-electron chi connectivity index (χ3n) is 2.43. The van der Waals surface area contributed by atoms with Crippen molar-refractivity contribution in [2.45, 2.75) is 12.5 Å². The van der Waals surface area contributed by atoms with Crippen LogP contribution in [0.4, 0.5) is 0 Å². The highest BCUT2D eigenvalue weighted by atomic mass is 16.5. The second-order valence-electron chi connectivity index (χ2n) is 3.47. The van der Waals surface area contributed by atoms with Gasteiger partial charge in [-0.2, -0.15) is 0 Å². The molecule has 1 aliphatic rings. The largest absolute Gasteiger partial charge is 0.467 e. The van der Waals surface area contributed by atoms with Crippen molar-refractivity contribution in [3.63, 3.8) is 0 Å². The zero-order chi connectivity index (χ0) is 11.3. The lowest BCUT2D eigenvalue weighted by atomic mass is 10.2. The summed E-state index contributed by atoms with van der Waals surface area (Å²) in [7, 11) is 1.26. The lowest BCUT2D eigenvalue weighted by Gasteiger charge is -2.25. The fourth-order valence-electron chi connectivity index (χ4n) is 1.68. The smallest absolute Gasteiger partial charge is 0.332 e. The van der Waals surface area contributed by atoms with Crippen LogP contribution in [-0.4, -0.2) is 56.1 Å². The molecule has 0 spiro atoms. The molecular weight excluding hydrogens is 198 g/mol. The number of esters is 1. The maximum atomic E-state index is 11.4. The molecule has 0 radical (unpaired) electrons. The zero-order valence-corrected chi connectivity index (χ0v) is 8.86. The topological polar surface area (TPSA) is 84.7 Å². The van der Waals surface area contributed by atoms with Crippen molar-refractivity contribution in [2.75, 3.05) is 33.3 Å².